The van der Waals surface area contributed by atoms with Crippen LogP contribution in [0.4, 0.5) is 5.82 Å². The molecule has 2 fully saturated rings. The Balaban J connectivity index is 1.44. The summed E-state index contributed by atoms with van der Waals surface area (Å²) in [6.07, 6.45) is 4.15. The predicted molar refractivity (Wildman–Crippen MR) is 141 cm³/mol. The number of thiophene rings is 1. The van der Waals surface area contributed by atoms with E-state index in [9.17, 15) is 5.11 Å². The van der Waals surface area contributed by atoms with Crippen LogP contribution in [0.2, 0.25) is 5.15 Å². The van der Waals surface area contributed by atoms with Gasteiger partial charge in [0.1, 0.15) is 15.8 Å². The maximum absolute atomic E-state index is 11.1. The quantitative estimate of drug-likeness (QED) is 0.230. The fraction of sp³-hybridized carbons (Fsp3) is 0.400. The van der Waals surface area contributed by atoms with Crippen LogP contribution in [-0.2, 0) is 5.54 Å². The average molecular weight is 512 g/mol. The van der Waals surface area contributed by atoms with Gasteiger partial charge in [0, 0.05) is 36.3 Å². The number of hydrogen-bond donors (Lipinski definition) is 1. The van der Waals surface area contributed by atoms with Gasteiger partial charge in [0.15, 0.2) is 5.16 Å². The monoisotopic (exact) mass is 511 g/mol. The molecule has 0 unspecified atom stereocenters. The average Bonchev–Trinajstić information content (AvgIpc) is 3.32. The molecule has 9 heteroatoms. The van der Waals surface area contributed by atoms with Crippen LogP contribution in [-0.4, -0.2) is 62.5 Å². The second-order valence-electron chi connectivity index (χ2n) is 9.56. The normalized spacial score (nSPS) is 23.3. The van der Waals surface area contributed by atoms with Crippen molar-refractivity contribution >= 4 is 60.8 Å². The van der Waals surface area contributed by atoms with Crippen molar-refractivity contribution in [3.8, 4) is 0 Å². The van der Waals surface area contributed by atoms with Crippen LogP contribution in [0.1, 0.15) is 25.8 Å². The summed E-state index contributed by atoms with van der Waals surface area (Å²) in [4.78, 5) is 19.9. The molecule has 2 saturated heterocycles. The highest BCUT2D eigenvalue weighted by atomic mass is 35.5. The molecule has 2 aliphatic rings. The topological polar surface area (TPSA) is 65.4 Å². The van der Waals surface area contributed by atoms with E-state index in [2.05, 4.69) is 59.0 Å². The summed E-state index contributed by atoms with van der Waals surface area (Å²) in [6, 6.07) is 12.9. The predicted octanol–water partition coefficient (Wildman–Crippen LogP) is 5.17. The fourth-order valence-corrected chi connectivity index (χ4v) is 7.56. The maximum Gasteiger partial charge on any atom is 0.190 e. The van der Waals surface area contributed by atoms with Gasteiger partial charge in [0.25, 0.3) is 0 Å². The standard InChI is InChI=1S/C25H26ClN5OS2/c1-25(2,14-7-5-4-6-8-14)31-15-11-18(32)17(31)13-30(12-15)22-19-16-9-10-27-21(26)20(16)34-23(19)29-24(28-22)33-3/h4-10,15,17-18,32H,11-13H2,1-3H3/t15-,17-,18-/m0/s1. The first-order valence-corrected chi connectivity index (χ1v) is 13.9. The Hall–Kier alpha value is -1.97. The molecule has 3 atom stereocenters. The van der Waals surface area contributed by atoms with Crippen LogP contribution < -0.4 is 4.90 Å². The summed E-state index contributed by atoms with van der Waals surface area (Å²) in [5.74, 6) is 0.934. The third kappa shape index (κ3) is 3.42. The minimum atomic E-state index is -0.367. The Morgan fingerprint density at radius 2 is 1.94 bits per heavy atom. The third-order valence-corrected chi connectivity index (χ3v) is 9.37. The summed E-state index contributed by atoms with van der Waals surface area (Å²) in [5, 5.41) is 14.4. The molecule has 3 aromatic heterocycles. The molecule has 0 radical (unpaired) electrons. The van der Waals surface area contributed by atoms with E-state index in [4.69, 9.17) is 21.6 Å². The third-order valence-electron chi connectivity index (χ3n) is 7.32. The van der Waals surface area contributed by atoms with E-state index in [0.717, 1.165) is 44.2 Å². The Morgan fingerprint density at radius 3 is 2.68 bits per heavy atom. The van der Waals surface area contributed by atoms with E-state index in [1.54, 1.807) is 29.3 Å². The van der Waals surface area contributed by atoms with Crippen molar-refractivity contribution in [3.05, 3.63) is 53.3 Å². The second kappa shape index (κ2) is 8.31. The SMILES string of the molecule is CSc1nc(N2C[C@@H]3C[C@H](O)[C@H](C2)N3C(C)(C)c2ccccc2)c2c(n1)sc1c(Cl)nccc12. The molecule has 0 aliphatic carbocycles. The van der Waals surface area contributed by atoms with Crippen molar-refractivity contribution in [2.75, 3.05) is 24.2 Å². The number of nitrogens with zero attached hydrogens (tertiary/aromatic N) is 5. The summed E-state index contributed by atoms with van der Waals surface area (Å²) in [5.41, 5.74) is 1.09. The number of rotatable bonds is 4. The molecule has 2 bridgehead atoms. The van der Waals surface area contributed by atoms with Gasteiger partial charge in [-0.05, 0) is 38.2 Å². The van der Waals surface area contributed by atoms with Crippen LogP contribution in [0.15, 0.2) is 47.8 Å². The lowest BCUT2D eigenvalue weighted by Gasteiger charge is -2.50. The number of thioether (sulfide) groups is 1. The van der Waals surface area contributed by atoms with Gasteiger partial charge < -0.3 is 10.0 Å². The maximum atomic E-state index is 11.1. The van der Waals surface area contributed by atoms with Gasteiger partial charge in [-0.1, -0.05) is 53.7 Å². The van der Waals surface area contributed by atoms with E-state index in [1.807, 2.05) is 12.3 Å². The largest absolute Gasteiger partial charge is 0.391 e. The summed E-state index contributed by atoms with van der Waals surface area (Å²) in [6.45, 7) is 6.06. The molecule has 1 aromatic carbocycles. The Labute approximate surface area is 212 Å². The Morgan fingerprint density at radius 1 is 1.15 bits per heavy atom. The fourth-order valence-electron chi connectivity index (χ4n) is 5.82. The first-order valence-electron chi connectivity index (χ1n) is 11.4. The zero-order valence-electron chi connectivity index (χ0n) is 19.3. The molecule has 0 amide bonds. The Kier molecular flexibility index (Phi) is 5.50. The molecule has 1 N–H and O–H groups in total. The zero-order valence-corrected chi connectivity index (χ0v) is 21.7. The number of piperazine rings is 1. The van der Waals surface area contributed by atoms with E-state index >= 15 is 0 Å². The van der Waals surface area contributed by atoms with Crippen molar-refractivity contribution in [2.45, 2.75) is 49.2 Å². The first kappa shape index (κ1) is 22.5. The van der Waals surface area contributed by atoms with Crippen LogP contribution in [0.5, 0.6) is 0 Å². The van der Waals surface area contributed by atoms with Crippen LogP contribution >= 0.6 is 34.7 Å². The van der Waals surface area contributed by atoms with E-state index < -0.39 is 0 Å². The molecule has 4 aromatic rings. The van der Waals surface area contributed by atoms with E-state index in [-0.39, 0.29) is 23.7 Å². The summed E-state index contributed by atoms with van der Waals surface area (Å²) in [7, 11) is 0. The number of pyridine rings is 1. The molecule has 5 heterocycles. The number of anilines is 1. The molecule has 2 aliphatic heterocycles. The van der Waals surface area contributed by atoms with Gasteiger partial charge in [0.2, 0.25) is 0 Å². The molecular formula is C25H26ClN5OS2. The van der Waals surface area contributed by atoms with Crippen LogP contribution in [0.25, 0.3) is 20.3 Å². The van der Waals surface area contributed by atoms with Crippen LogP contribution in [0, 0.1) is 0 Å². The zero-order chi connectivity index (χ0) is 23.6. The molecule has 0 saturated carbocycles. The minimum Gasteiger partial charge on any atom is -0.391 e. The van der Waals surface area contributed by atoms with Gasteiger partial charge in [-0.15, -0.1) is 11.3 Å². The van der Waals surface area contributed by atoms with Crippen molar-refractivity contribution in [3.63, 3.8) is 0 Å². The Bertz CT molecular complexity index is 1380. The summed E-state index contributed by atoms with van der Waals surface area (Å²) >= 11 is 9.55. The lowest BCUT2D eigenvalue weighted by atomic mass is 9.89. The molecule has 176 valence electrons. The van der Waals surface area contributed by atoms with Gasteiger partial charge >= 0.3 is 0 Å². The number of aliphatic hydroxyl groups is 1. The number of hydrogen-bond acceptors (Lipinski definition) is 8. The van der Waals surface area contributed by atoms with Crippen molar-refractivity contribution in [1.82, 2.24) is 19.9 Å². The highest BCUT2D eigenvalue weighted by Gasteiger charge is 2.51. The van der Waals surface area contributed by atoms with Gasteiger partial charge in [-0.25, -0.2) is 15.0 Å². The molecule has 6 nitrogen and oxygen atoms in total. The molecular weight excluding hydrogens is 486 g/mol. The number of aromatic nitrogens is 3. The lowest BCUT2D eigenvalue weighted by Crippen LogP contribution is -2.61. The number of aliphatic hydroxyl groups excluding tert-OH is 1. The van der Waals surface area contributed by atoms with E-state index in [1.165, 1.54) is 5.56 Å². The van der Waals surface area contributed by atoms with Gasteiger partial charge in [-0.3, -0.25) is 4.90 Å². The number of benzene rings is 1. The highest BCUT2D eigenvalue weighted by Crippen LogP contribution is 2.45. The van der Waals surface area contributed by atoms with Crippen molar-refractivity contribution < 1.29 is 5.11 Å². The first-order chi connectivity index (χ1) is 16.4. The van der Waals surface area contributed by atoms with Crippen LogP contribution in [0.3, 0.4) is 0 Å². The summed E-state index contributed by atoms with van der Waals surface area (Å²) < 4.78 is 0.944. The lowest BCUT2D eigenvalue weighted by molar-refractivity contribution is 0.0221. The molecule has 0 spiro atoms. The van der Waals surface area contributed by atoms with E-state index in [0.29, 0.717) is 11.7 Å². The highest BCUT2D eigenvalue weighted by molar-refractivity contribution is 7.98. The molecule has 6 rings (SSSR count). The molecule has 34 heavy (non-hydrogen) atoms. The van der Waals surface area contributed by atoms with Crippen molar-refractivity contribution in [2.24, 2.45) is 0 Å². The van der Waals surface area contributed by atoms with Gasteiger partial charge in [0.05, 0.1) is 22.2 Å². The number of halogens is 1. The minimum absolute atomic E-state index is 0.0202. The van der Waals surface area contributed by atoms with Gasteiger partial charge in [-0.2, -0.15) is 0 Å². The van der Waals surface area contributed by atoms with Crippen molar-refractivity contribution in [1.29, 1.82) is 0 Å². The second-order valence-corrected chi connectivity index (χ2v) is 11.7. The smallest absolute Gasteiger partial charge is 0.190 e. The number of fused-ring (bicyclic) bond motifs is 5.